The number of nitrogens with zero attached hydrogens (tertiary/aromatic N) is 4. The highest BCUT2D eigenvalue weighted by molar-refractivity contribution is 5.91. The number of aromatic nitrogens is 3. The first-order chi connectivity index (χ1) is 13.2. The number of anilines is 1. The summed E-state index contributed by atoms with van der Waals surface area (Å²) in [6.45, 7) is 1.45. The van der Waals surface area contributed by atoms with Gasteiger partial charge in [-0.05, 0) is 50.0 Å². The van der Waals surface area contributed by atoms with Crippen molar-refractivity contribution in [3.05, 3.63) is 47.6 Å². The lowest BCUT2D eigenvalue weighted by Crippen LogP contribution is -2.45. The van der Waals surface area contributed by atoms with Crippen LogP contribution in [0.5, 0.6) is 0 Å². The van der Waals surface area contributed by atoms with E-state index in [-0.39, 0.29) is 23.8 Å². The molecule has 4 rings (SSSR count). The van der Waals surface area contributed by atoms with E-state index >= 15 is 0 Å². The molecule has 2 atom stereocenters. The second-order valence-electron chi connectivity index (χ2n) is 7.20. The fraction of sp³-hybridized carbons (Fsp3) is 0.421. The van der Waals surface area contributed by atoms with Crippen LogP contribution in [0, 0.1) is 6.92 Å². The van der Waals surface area contributed by atoms with Crippen LogP contribution in [-0.2, 0) is 13.2 Å². The molecule has 1 fully saturated rings. The van der Waals surface area contributed by atoms with Crippen LogP contribution in [0.2, 0.25) is 0 Å². The first-order valence-corrected chi connectivity index (χ1v) is 9.07. The summed E-state index contributed by atoms with van der Waals surface area (Å²) in [5.41, 5.74) is 1.67. The molecule has 2 aliphatic rings. The Bertz CT molecular complexity index is 949. The van der Waals surface area contributed by atoms with E-state index in [1.807, 2.05) is 17.8 Å². The van der Waals surface area contributed by atoms with E-state index < -0.39 is 11.9 Å². The number of amides is 2. The van der Waals surface area contributed by atoms with Gasteiger partial charge in [0, 0.05) is 19.3 Å². The summed E-state index contributed by atoms with van der Waals surface area (Å²) in [4.78, 5) is 18.2. The summed E-state index contributed by atoms with van der Waals surface area (Å²) in [5.74, 6) is 0. The average Bonchev–Trinajstić information content (AvgIpc) is 3.16. The van der Waals surface area contributed by atoms with Crippen LogP contribution in [-0.4, -0.2) is 37.8 Å². The number of pyridine rings is 1. The third-order valence-corrected chi connectivity index (χ3v) is 5.40. The molecular formula is C19H20F3N5O. The topological polar surface area (TPSA) is 63.1 Å². The van der Waals surface area contributed by atoms with Crippen molar-refractivity contribution in [1.82, 2.24) is 19.7 Å². The molecule has 2 aliphatic heterocycles. The molecule has 2 amide bonds. The molecular weight excluding hydrogens is 371 g/mol. The maximum Gasteiger partial charge on any atom is 0.433 e. The van der Waals surface area contributed by atoms with Crippen molar-refractivity contribution in [3.63, 3.8) is 0 Å². The molecule has 0 aliphatic carbocycles. The molecule has 0 radical (unpaired) electrons. The van der Waals surface area contributed by atoms with E-state index in [0.29, 0.717) is 5.69 Å². The lowest BCUT2D eigenvalue weighted by Gasteiger charge is -2.34. The maximum absolute atomic E-state index is 12.8. The highest BCUT2D eigenvalue weighted by atomic mass is 19.4. The summed E-state index contributed by atoms with van der Waals surface area (Å²) in [5, 5.41) is 6.93. The Hall–Kier alpha value is -2.84. The fourth-order valence-corrected chi connectivity index (χ4v) is 4.06. The van der Waals surface area contributed by atoms with Crippen LogP contribution >= 0.6 is 0 Å². The van der Waals surface area contributed by atoms with Gasteiger partial charge in [-0.25, -0.2) is 9.78 Å². The van der Waals surface area contributed by atoms with Gasteiger partial charge in [-0.2, -0.15) is 18.3 Å². The highest BCUT2D eigenvalue weighted by Gasteiger charge is 2.40. The molecule has 2 aromatic rings. The molecule has 2 unspecified atom stereocenters. The van der Waals surface area contributed by atoms with Crippen molar-refractivity contribution >= 4 is 17.3 Å². The zero-order valence-electron chi connectivity index (χ0n) is 15.5. The second-order valence-corrected chi connectivity index (χ2v) is 7.20. The van der Waals surface area contributed by atoms with Gasteiger partial charge in [0.25, 0.3) is 0 Å². The van der Waals surface area contributed by atoms with Gasteiger partial charge in [-0.3, -0.25) is 4.68 Å². The number of urea groups is 1. The Kier molecular flexibility index (Phi) is 4.40. The zero-order chi connectivity index (χ0) is 20.1. The van der Waals surface area contributed by atoms with Gasteiger partial charge in [0.1, 0.15) is 5.69 Å². The van der Waals surface area contributed by atoms with Gasteiger partial charge in [0.15, 0.2) is 0 Å². The Morgan fingerprint density at radius 2 is 2.04 bits per heavy atom. The fourth-order valence-electron chi connectivity index (χ4n) is 4.06. The SMILES string of the molecule is Cc1nc(C(F)(F)F)ccc1NC(=O)N1C2C=C(c3ccnn3C)CC1CC2. The van der Waals surface area contributed by atoms with Crippen LogP contribution < -0.4 is 5.32 Å². The molecule has 1 saturated heterocycles. The third-order valence-electron chi connectivity index (χ3n) is 5.40. The number of nitrogens with one attached hydrogen (secondary N) is 1. The lowest BCUT2D eigenvalue weighted by molar-refractivity contribution is -0.141. The minimum Gasteiger partial charge on any atom is -0.315 e. The second kappa shape index (κ2) is 6.65. The summed E-state index contributed by atoms with van der Waals surface area (Å²) in [6, 6.07) is 3.81. The van der Waals surface area contributed by atoms with Gasteiger partial charge in [0.05, 0.1) is 23.1 Å². The predicted octanol–water partition coefficient (Wildman–Crippen LogP) is 3.99. The van der Waals surface area contributed by atoms with E-state index in [1.54, 1.807) is 11.1 Å². The molecule has 2 bridgehead atoms. The first kappa shape index (κ1) is 18.5. The number of carbonyl (C=O) groups is 1. The largest absolute Gasteiger partial charge is 0.433 e. The number of halogens is 3. The maximum atomic E-state index is 12.8. The van der Waals surface area contributed by atoms with Crippen molar-refractivity contribution in [1.29, 1.82) is 0 Å². The molecule has 6 nitrogen and oxygen atoms in total. The van der Waals surface area contributed by atoms with Crippen molar-refractivity contribution in [2.24, 2.45) is 7.05 Å². The van der Waals surface area contributed by atoms with E-state index in [0.717, 1.165) is 31.0 Å². The molecule has 9 heteroatoms. The van der Waals surface area contributed by atoms with Crippen LogP contribution in [0.3, 0.4) is 0 Å². The third kappa shape index (κ3) is 3.25. The highest BCUT2D eigenvalue weighted by Crippen LogP contribution is 2.39. The summed E-state index contributed by atoms with van der Waals surface area (Å²) < 4.78 is 40.1. The molecule has 2 aromatic heterocycles. The summed E-state index contributed by atoms with van der Waals surface area (Å²) in [6.07, 6.45) is 1.82. The van der Waals surface area contributed by atoms with Crippen molar-refractivity contribution < 1.29 is 18.0 Å². The van der Waals surface area contributed by atoms with Crippen LogP contribution in [0.4, 0.5) is 23.7 Å². The Morgan fingerprint density at radius 1 is 1.25 bits per heavy atom. The van der Waals surface area contributed by atoms with E-state index in [1.165, 1.54) is 18.6 Å². The summed E-state index contributed by atoms with van der Waals surface area (Å²) >= 11 is 0. The Morgan fingerprint density at radius 3 is 2.64 bits per heavy atom. The number of hydrogen-bond donors (Lipinski definition) is 1. The van der Waals surface area contributed by atoms with Crippen molar-refractivity contribution in [3.8, 4) is 0 Å². The number of alkyl halides is 3. The normalized spacial score (nSPS) is 21.6. The van der Waals surface area contributed by atoms with Crippen LogP contribution in [0.25, 0.3) is 5.57 Å². The smallest absolute Gasteiger partial charge is 0.315 e. The standard InChI is InChI=1S/C19H20F3N5O/c1-11-15(5-6-17(24-11)19(20,21)22)25-18(28)27-13-3-4-14(27)10-12(9-13)16-7-8-23-26(16)2/h5-9,13-14H,3-4,10H2,1-2H3,(H,25,28). The molecule has 0 saturated carbocycles. The monoisotopic (exact) mass is 391 g/mol. The van der Waals surface area contributed by atoms with E-state index in [9.17, 15) is 18.0 Å². The Balaban J connectivity index is 1.52. The number of fused-ring (bicyclic) bond motifs is 2. The number of carbonyl (C=O) groups excluding carboxylic acids is 1. The lowest BCUT2D eigenvalue weighted by atomic mass is 9.99. The zero-order valence-corrected chi connectivity index (χ0v) is 15.5. The molecule has 28 heavy (non-hydrogen) atoms. The number of hydrogen-bond acceptors (Lipinski definition) is 3. The van der Waals surface area contributed by atoms with Gasteiger partial charge in [0.2, 0.25) is 0 Å². The minimum absolute atomic E-state index is 0.0358. The molecule has 4 heterocycles. The van der Waals surface area contributed by atoms with Crippen LogP contribution in [0.15, 0.2) is 30.5 Å². The van der Waals surface area contributed by atoms with Gasteiger partial charge in [-0.1, -0.05) is 6.08 Å². The van der Waals surface area contributed by atoms with E-state index in [2.05, 4.69) is 21.5 Å². The summed E-state index contributed by atoms with van der Waals surface area (Å²) in [7, 11) is 1.89. The predicted molar refractivity (Wildman–Crippen MR) is 97.4 cm³/mol. The number of aryl methyl sites for hydroxylation is 2. The van der Waals surface area contributed by atoms with Crippen molar-refractivity contribution in [2.75, 3.05) is 5.32 Å². The molecule has 0 aromatic carbocycles. The van der Waals surface area contributed by atoms with Gasteiger partial charge >= 0.3 is 12.2 Å². The molecule has 0 spiro atoms. The van der Waals surface area contributed by atoms with Gasteiger partial charge in [-0.15, -0.1) is 0 Å². The van der Waals surface area contributed by atoms with Gasteiger partial charge < -0.3 is 10.2 Å². The number of rotatable bonds is 2. The van der Waals surface area contributed by atoms with E-state index in [4.69, 9.17) is 0 Å². The minimum atomic E-state index is -4.51. The first-order valence-electron chi connectivity index (χ1n) is 9.07. The molecule has 1 N–H and O–H groups in total. The van der Waals surface area contributed by atoms with Crippen molar-refractivity contribution in [2.45, 2.75) is 44.4 Å². The van der Waals surface area contributed by atoms with Crippen LogP contribution in [0.1, 0.15) is 36.3 Å². The molecule has 148 valence electrons. The average molecular weight is 391 g/mol. The quantitative estimate of drug-likeness (QED) is 0.842. The Labute approximate surface area is 160 Å².